The van der Waals surface area contributed by atoms with Crippen LogP contribution in [0.2, 0.25) is 0 Å². The van der Waals surface area contributed by atoms with Crippen LogP contribution in [0.5, 0.6) is 11.5 Å². The second-order valence-electron chi connectivity index (χ2n) is 7.57. The Morgan fingerprint density at radius 3 is 1.37 bits per heavy atom. The lowest BCUT2D eigenvalue weighted by Gasteiger charge is -2.41. The minimum absolute atomic E-state index is 0.148. The quantitative estimate of drug-likeness (QED) is 0.776. The van der Waals surface area contributed by atoms with E-state index in [0.29, 0.717) is 0 Å². The Morgan fingerprint density at radius 2 is 1.00 bits per heavy atom. The largest absolute Gasteiger partial charge is 0.495 e. The zero-order valence-electron chi connectivity index (χ0n) is 17.8. The van der Waals surface area contributed by atoms with Crippen molar-refractivity contribution >= 4 is 17.4 Å². The van der Waals surface area contributed by atoms with Crippen molar-refractivity contribution in [3.63, 3.8) is 0 Å². The Kier molecular flexibility index (Phi) is 6.16. The number of hydrogen-bond donors (Lipinski definition) is 0. The van der Waals surface area contributed by atoms with E-state index < -0.39 is 0 Å². The van der Waals surface area contributed by atoms with E-state index in [1.807, 2.05) is 46.2 Å². The van der Waals surface area contributed by atoms with Crippen LogP contribution in [-0.4, -0.2) is 82.4 Å². The van der Waals surface area contributed by atoms with Gasteiger partial charge in [-0.1, -0.05) is 24.3 Å². The number of urea groups is 1. The lowest BCUT2D eigenvalue weighted by Crippen LogP contribution is -2.57. The van der Waals surface area contributed by atoms with E-state index >= 15 is 0 Å². The standard InChI is InChI=1S/C23H30N4O3/c1-29-21-9-5-3-7-19(21)24-11-15-26(16-12-24)23(28)27-17-13-25(14-18-27)20-8-4-6-10-22(20)30-2/h3-10H,11-18H2,1-2H3. The van der Waals surface area contributed by atoms with Crippen LogP contribution in [0.3, 0.4) is 0 Å². The van der Waals surface area contributed by atoms with Gasteiger partial charge in [-0.3, -0.25) is 0 Å². The lowest BCUT2D eigenvalue weighted by molar-refractivity contribution is 0.147. The van der Waals surface area contributed by atoms with Gasteiger partial charge in [-0.2, -0.15) is 0 Å². The van der Waals surface area contributed by atoms with Crippen molar-refractivity contribution in [2.75, 3.05) is 76.4 Å². The molecule has 2 heterocycles. The summed E-state index contributed by atoms with van der Waals surface area (Å²) in [6.07, 6.45) is 0. The fourth-order valence-corrected chi connectivity index (χ4v) is 4.26. The number of benzene rings is 2. The second-order valence-corrected chi connectivity index (χ2v) is 7.57. The highest BCUT2D eigenvalue weighted by Gasteiger charge is 2.29. The first-order valence-electron chi connectivity index (χ1n) is 10.5. The summed E-state index contributed by atoms with van der Waals surface area (Å²) in [5.41, 5.74) is 2.19. The molecule has 7 heteroatoms. The van der Waals surface area contributed by atoms with E-state index in [0.717, 1.165) is 75.2 Å². The van der Waals surface area contributed by atoms with Crippen molar-refractivity contribution in [3.8, 4) is 11.5 Å². The van der Waals surface area contributed by atoms with E-state index in [4.69, 9.17) is 9.47 Å². The highest BCUT2D eigenvalue weighted by atomic mass is 16.5. The van der Waals surface area contributed by atoms with Crippen LogP contribution in [0, 0.1) is 0 Å². The summed E-state index contributed by atoms with van der Waals surface area (Å²) in [5.74, 6) is 1.76. The van der Waals surface area contributed by atoms with E-state index in [2.05, 4.69) is 21.9 Å². The number of piperazine rings is 2. The molecule has 2 saturated heterocycles. The topological polar surface area (TPSA) is 48.5 Å². The molecule has 0 unspecified atom stereocenters. The van der Waals surface area contributed by atoms with Crippen molar-refractivity contribution < 1.29 is 14.3 Å². The van der Waals surface area contributed by atoms with Gasteiger partial charge in [0.05, 0.1) is 25.6 Å². The highest BCUT2D eigenvalue weighted by molar-refractivity contribution is 5.75. The summed E-state index contributed by atoms with van der Waals surface area (Å²) in [6, 6.07) is 16.3. The van der Waals surface area contributed by atoms with Crippen LogP contribution in [0.4, 0.5) is 16.2 Å². The van der Waals surface area contributed by atoms with Crippen molar-refractivity contribution in [3.05, 3.63) is 48.5 Å². The molecule has 0 bridgehead atoms. The van der Waals surface area contributed by atoms with Crippen LogP contribution in [0.15, 0.2) is 48.5 Å². The number of rotatable bonds is 4. The molecule has 7 nitrogen and oxygen atoms in total. The average molecular weight is 411 g/mol. The summed E-state index contributed by atoms with van der Waals surface area (Å²) >= 11 is 0. The minimum Gasteiger partial charge on any atom is -0.495 e. The molecule has 2 fully saturated rings. The van der Waals surface area contributed by atoms with Gasteiger partial charge in [0.15, 0.2) is 0 Å². The van der Waals surface area contributed by atoms with Crippen molar-refractivity contribution in [2.24, 2.45) is 0 Å². The summed E-state index contributed by atoms with van der Waals surface area (Å²) in [5, 5.41) is 0. The molecule has 160 valence electrons. The van der Waals surface area contributed by atoms with Gasteiger partial charge in [0.25, 0.3) is 0 Å². The Labute approximate surface area is 178 Å². The number of para-hydroxylation sites is 4. The molecule has 4 rings (SSSR count). The Bertz CT molecular complexity index is 790. The number of nitrogens with zero attached hydrogens (tertiary/aromatic N) is 4. The average Bonchev–Trinajstić information content (AvgIpc) is 2.83. The zero-order valence-corrected chi connectivity index (χ0v) is 17.8. The van der Waals surface area contributed by atoms with Crippen molar-refractivity contribution in [1.29, 1.82) is 0 Å². The van der Waals surface area contributed by atoms with E-state index in [9.17, 15) is 4.79 Å². The monoisotopic (exact) mass is 410 g/mol. The summed E-state index contributed by atoms with van der Waals surface area (Å²) in [4.78, 5) is 21.6. The Balaban J connectivity index is 1.31. The Hall–Kier alpha value is -3.09. The van der Waals surface area contributed by atoms with E-state index in [1.54, 1.807) is 14.2 Å². The Morgan fingerprint density at radius 1 is 0.633 bits per heavy atom. The zero-order chi connectivity index (χ0) is 20.9. The molecule has 0 N–H and O–H groups in total. The van der Waals surface area contributed by atoms with Crippen molar-refractivity contribution in [1.82, 2.24) is 9.80 Å². The van der Waals surface area contributed by atoms with Gasteiger partial charge in [-0.15, -0.1) is 0 Å². The summed E-state index contributed by atoms with van der Waals surface area (Å²) in [6.45, 7) is 6.15. The SMILES string of the molecule is COc1ccccc1N1CCN(C(=O)N2CCN(c3ccccc3OC)CC2)CC1. The van der Waals surface area contributed by atoms with Crippen LogP contribution < -0.4 is 19.3 Å². The molecule has 0 atom stereocenters. The first kappa shape index (κ1) is 20.2. The summed E-state index contributed by atoms with van der Waals surface area (Å²) in [7, 11) is 3.40. The van der Waals surface area contributed by atoms with Gasteiger partial charge < -0.3 is 29.1 Å². The predicted octanol–water partition coefficient (Wildman–Crippen LogP) is 2.77. The van der Waals surface area contributed by atoms with Gasteiger partial charge in [-0.05, 0) is 24.3 Å². The molecule has 2 aliphatic rings. The molecule has 2 aliphatic heterocycles. The smallest absolute Gasteiger partial charge is 0.320 e. The van der Waals surface area contributed by atoms with E-state index in [1.165, 1.54) is 0 Å². The third-order valence-electron chi connectivity index (χ3n) is 5.95. The van der Waals surface area contributed by atoms with Crippen LogP contribution >= 0.6 is 0 Å². The maximum Gasteiger partial charge on any atom is 0.320 e. The van der Waals surface area contributed by atoms with Crippen molar-refractivity contribution in [2.45, 2.75) is 0 Å². The molecule has 2 aromatic carbocycles. The van der Waals surface area contributed by atoms with E-state index in [-0.39, 0.29) is 6.03 Å². The maximum absolute atomic E-state index is 13.1. The van der Waals surface area contributed by atoms with Gasteiger partial charge >= 0.3 is 6.03 Å². The van der Waals surface area contributed by atoms with Gasteiger partial charge in [0.1, 0.15) is 11.5 Å². The fourth-order valence-electron chi connectivity index (χ4n) is 4.26. The molecular formula is C23H30N4O3. The summed E-state index contributed by atoms with van der Waals surface area (Å²) < 4.78 is 11.0. The van der Waals surface area contributed by atoms with Gasteiger partial charge in [-0.25, -0.2) is 4.79 Å². The molecule has 2 aromatic rings. The molecule has 0 spiro atoms. The molecule has 2 amide bonds. The number of carbonyl (C=O) groups excluding carboxylic acids is 1. The normalized spacial score (nSPS) is 17.1. The maximum atomic E-state index is 13.1. The molecule has 0 radical (unpaired) electrons. The van der Waals surface area contributed by atoms with Gasteiger partial charge in [0.2, 0.25) is 0 Å². The molecule has 0 aromatic heterocycles. The number of anilines is 2. The molecule has 0 saturated carbocycles. The fraction of sp³-hybridized carbons (Fsp3) is 0.435. The number of methoxy groups -OCH3 is 2. The third-order valence-corrected chi connectivity index (χ3v) is 5.95. The first-order valence-corrected chi connectivity index (χ1v) is 10.5. The predicted molar refractivity (Wildman–Crippen MR) is 119 cm³/mol. The first-order chi connectivity index (χ1) is 14.7. The second kappa shape index (κ2) is 9.15. The van der Waals surface area contributed by atoms with Crippen LogP contribution in [-0.2, 0) is 0 Å². The highest BCUT2D eigenvalue weighted by Crippen LogP contribution is 2.30. The third kappa shape index (κ3) is 4.10. The molecule has 0 aliphatic carbocycles. The van der Waals surface area contributed by atoms with Gasteiger partial charge in [0, 0.05) is 52.4 Å². The number of amides is 2. The minimum atomic E-state index is 0.148. The lowest BCUT2D eigenvalue weighted by atomic mass is 10.2. The number of ether oxygens (including phenoxy) is 2. The van der Waals surface area contributed by atoms with Crippen LogP contribution in [0.25, 0.3) is 0 Å². The molecule has 30 heavy (non-hydrogen) atoms. The number of carbonyl (C=O) groups is 1. The molecular weight excluding hydrogens is 380 g/mol. The van der Waals surface area contributed by atoms with Crippen LogP contribution in [0.1, 0.15) is 0 Å². The number of hydrogen-bond acceptors (Lipinski definition) is 5.